The van der Waals surface area contributed by atoms with E-state index in [9.17, 15) is 23.2 Å². The fourth-order valence-electron chi connectivity index (χ4n) is 3.38. The molecule has 1 aromatic carbocycles. The van der Waals surface area contributed by atoms with Gasteiger partial charge >= 0.3 is 0 Å². The topological polar surface area (TPSA) is 125 Å². The second-order valence-corrected chi connectivity index (χ2v) is 10.4. The van der Waals surface area contributed by atoms with Gasteiger partial charge in [-0.05, 0) is 38.2 Å². The van der Waals surface area contributed by atoms with E-state index in [1.165, 1.54) is 0 Å². The van der Waals surface area contributed by atoms with Crippen LogP contribution < -0.4 is 16.3 Å². The standard InChI is InChI=1S/C21H33N3O5S/c1-15(2)14-21(30(5,28)29,20(26)23-22-16(3)4)18(19(25)24-27)13-9-12-17-10-7-6-8-11-17/h6-12,15-16,18,22,27H,13-14H2,1-5H3,(H,23,26)(H,24,25)/b12-9+/t18-,21+/m0/s1. The van der Waals surface area contributed by atoms with Crippen LogP contribution in [0.25, 0.3) is 6.08 Å². The first-order valence-electron chi connectivity index (χ1n) is 9.86. The molecule has 1 rings (SSSR count). The highest BCUT2D eigenvalue weighted by Gasteiger charge is 2.56. The minimum Gasteiger partial charge on any atom is -0.290 e. The molecule has 30 heavy (non-hydrogen) atoms. The molecule has 8 nitrogen and oxygen atoms in total. The Morgan fingerprint density at radius 1 is 1.13 bits per heavy atom. The summed E-state index contributed by atoms with van der Waals surface area (Å²) in [6.07, 6.45) is 4.18. The van der Waals surface area contributed by atoms with Crippen LogP contribution in [0.2, 0.25) is 0 Å². The van der Waals surface area contributed by atoms with E-state index in [1.54, 1.807) is 45.3 Å². The summed E-state index contributed by atoms with van der Waals surface area (Å²) in [6, 6.07) is 9.13. The Morgan fingerprint density at radius 2 is 1.73 bits per heavy atom. The third-order valence-electron chi connectivity index (χ3n) is 4.70. The Balaban J connectivity index is 3.48. The molecule has 0 aliphatic carbocycles. The van der Waals surface area contributed by atoms with Crippen LogP contribution in [0.3, 0.4) is 0 Å². The van der Waals surface area contributed by atoms with Crippen molar-refractivity contribution >= 4 is 27.7 Å². The van der Waals surface area contributed by atoms with Crippen molar-refractivity contribution in [2.75, 3.05) is 6.26 Å². The average molecular weight is 440 g/mol. The fourth-order valence-corrected chi connectivity index (χ4v) is 5.13. The van der Waals surface area contributed by atoms with E-state index in [-0.39, 0.29) is 24.8 Å². The third-order valence-corrected chi connectivity index (χ3v) is 6.66. The number of hydrogen-bond acceptors (Lipinski definition) is 6. The van der Waals surface area contributed by atoms with Crippen LogP contribution in [0, 0.1) is 11.8 Å². The molecule has 0 unspecified atom stereocenters. The molecule has 0 saturated carbocycles. The van der Waals surface area contributed by atoms with Crippen molar-refractivity contribution < 1.29 is 23.2 Å². The molecule has 2 amide bonds. The molecule has 0 aliphatic rings. The van der Waals surface area contributed by atoms with Crippen molar-refractivity contribution in [3.05, 3.63) is 42.0 Å². The number of benzene rings is 1. The van der Waals surface area contributed by atoms with Crippen LogP contribution in [0.15, 0.2) is 36.4 Å². The summed E-state index contributed by atoms with van der Waals surface area (Å²) in [5.41, 5.74) is 7.57. The summed E-state index contributed by atoms with van der Waals surface area (Å²) in [7, 11) is -4.08. The summed E-state index contributed by atoms with van der Waals surface area (Å²) in [6.45, 7) is 7.12. The number of hydroxylamine groups is 1. The monoisotopic (exact) mass is 439 g/mol. The van der Waals surface area contributed by atoms with E-state index in [2.05, 4.69) is 10.9 Å². The zero-order valence-corrected chi connectivity index (χ0v) is 19.0. The van der Waals surface area contributed by atoms with Gasteiger partial charge < -0.3 is 0 Å². The van der Waals surface area contributed by atoms with Crippen LogP contribution in [0.5, 0.6) is 0 Å². The fraction of sp³-hybridized carbons (Fsp3) is 0.524. The maximum atomic E-state index is 13.2. The molecule has 4 N–H and O–H groups in total. The van der Waals surface area contributed by atoms with Crippen molar-refractivity contribution in [1.82, 2.24) is 16.3 Å². The predicted octanol–water partition coefficient (Wildman–Crippen LogP) is 2.07. The van der Waals surface area contributed by atoms with E-state index in [1.807, 2.05) is 30.3 Å². The maximum Gasteiger partial charge on any atom is 0.256 e. The predicted molar refractivity (Wildman–Crippen MR) is 117 cm³/mol. The third kappa shape index (κ3) is 6.65. The first kappa shape index (κ1) is 25.8. The Kier molecular flexibility index (Phi) is 9.67. The summed E-state index contributed by atoms with van der Waals surface area (Å²) in [5, 5.41) is 9.32. The second-order valence-electron chi connectivity index (χ2n) is 8.09. The zero-order valence-electron chi connectivity index (χ0n) is 18.2. The number of carbonyl (C=O) groups excluding carboxylic acids is 2. The number of hydrazine groups is 1. The van der Waals surface area contributed by atoms with Gasteiger partial charge in [-0.2, -0.15) is 0 Å². The largest absolute Gasteiger partial charge is 0.290 e. The Labute approximate surface area is 179 Å². The van der Waals surface area contributed by atoms with Crippen LogP contribution in [0.4, 0.5) is 0 Å². The minimum absolute atomic E-state index is 0.0593. The summed E-state index contributed by atoms with van der Waals surface area (Å²) in [4.78, 5) is 25.8. The SMILES string of the molecule is CC(C)C[C@](C(=O)NNC(C)C)([C@@H](C/C=C/c1ccccc1)C(=O)NO)S(C)(=O)=O. The van der Waals surface area contributed by atoms with Gasteiger partial charge in [0, 0.05) is 12.3 Å². The molecule has 1 aromatic rings. The van der Waals surface area contributed by atoms with Gasteiger partial charge in [-0.15, -0.1) is 0 Å². The van der Waals surface area contributed by atoms with Crippen LogP contribution in [-0.2, 0) is 19.4 Å². The lowest BCUT2D eigenvalue weighted by Crippen LogP contribution is -2.63. The lowest BCUT2D eigenvalue weighted by atomic mass is 9.81. The van der Waals surface area contributed by atoms with E-state index in [0.29, 0.717) is 0 Å². The summed E-state index contributed by atoms with van der Waals surface area (Å²) >= 11 is 0. The van der Waals surface area contributed by atoms with Crippen LogP contribution in [0.1, 0.15) is 46.1 Å². The van der Waals surface area contributed by atoms with E-state index in [0.717, 1.165) is 11.8 Å². The first-order chi connectivity index (χ1) is 14.0. The van der Waals surface area contributed by atoms with Crippen molar-refractivity contribution in [3.63, 3.8) is 0 Å². The van der Waals surface area contributed by atoms with E-state index >= 15 is 0 Å². The highest BCUT2D eigenvalue weighted by molar-refractivity contribution is 7.93. The Hall–Kier alpha value is -2.23. The molecule has 0 radical (unpaired) electrons. The zero-order chi connectivity index (χ0) is 22.9. The van der Waals surface area contributed by atoms with Gasteiger partial charge in [0.15, 0.2) is 14.6 Å². The second kappa shape index (κ2) is 11.2. The molecule has 0 saturated heterocycles. The van der Waals surface area contributed by atoms with Gasteiger partial charge in [-0.25, -0.2) is 19.3 Å². The number of allylic oxidation sites excluding steroid dienone is 1. The van der Waals surface area contributed by atoms with Gasteiger partial charge in [-0.1, -0.05) is 56.3 Å². The lowest BCUT2D eigenvalue weighted by Gasteiger charge is -2.37. The normalized spacial score (nSPS) is 15.2. The molecule has 0 bridgehead atoms. The first-order valence-corrected chi connectivity index (χ1v) is 11.8. The number of sulfone groups is 1. The van der Waals surface area contributed by atoms with Gasteiger partial charge in [0.05, 0.1) is 5.92 Å². The van der Waals surface area contributed by atoms with E-state index in [4.69, 9.17) is 0 Å². The van der Waals surface area contributed by atoms with Gasteiger partial charge in [0.25, 0.3) is 5.91 Å². The molecule has 2 atom stereocenters. The molecule has 9 heteroatoms. The lowest BCUT2D eigenvalue weighted by molar-refractivity contribution is -0.139. The molecule has 0 heterocycles. The van der Waals surface area contributed by atoms with Crippen molar-refractivity contribution in [2.45, 2.75) is 51.3 Å². The highest BCUT2D eigenvalue weighted by Crippen LogP contribution is 2.37. The minimum atomic E-state index is -4.08. The smallest absolute Gasteiger partial charge is 0.256 e. The summed E-state index contributed by atoms with van der Waals surface area (Å²) < 4.78 is 23.9. The number of carbonyl (C=O) groups is 2. The van der Waals surface area contributed by atoms with Gasteiger partial charge in [0.2, 0.25) is 5.91 Å². The highest BCUT2D eigenvalue weighted by atomic mass is 32.2. The number of amides is 2. The quantitative estimate of drug-likeness (QED) is 0.309. The molecule has 168 valence electrons. The number of hydrogen-bond donors (Lipinski definition) is 4. The summed E-state index contributed by atoms with van der Waals surface area (Å²) in [5.74, 6) is -3.31. The van der Waals surface area contributed by atoms with Crippen LogP contribution >= 0.6 is 0 Å². The molecule has 0 aromatic heterocycles. The maximum absolute atomic E-state index is 13.2. The van der Waals surface area contributed by atoms with Gasteiger partial charge in [0.1, 0.15) is 0 Å². The average Bonchev–Trinajstić information content (AvgIpc) is 2.67. The molecule has 0 fully saturated rings. The van der Waals surface area contributed by atoms with E-state index < -0.39 is 32.3 Å². The Bertz CT molecular complexity index is 837. The van der Waals surface area contributed by atoms with Crippen molar-refractivity contribution in [1.29, 1.82) is 0 Å². The number of rotatable bonds is 11. The van der Waals surface area contributed by atoms with Gasteiger partial charge in [-0.3, -0.25) is 20.2 Å². The van der Waals surface area contributed by atoms with Crippen molar-refractivity contribution in [2.24, 2.45) is 11.8 Å². The Morgan fingerprint density at radius 3 is 2.20 bits per heavy atom. The molecular weight excluding hydrogens is 406 g/mol. The number of nitrogens with one attached hydrogen (secondary N) is 3. The van der Waals surface area contributed by atoms with Crippen LogP contribution in [-0.4, -0.2) is 42.5 Å². The molecular formula is C21H33N3O5S. The molecule has 0 aliphatic heterocycles. The molecule has 0 spiro atoms. The van der Waals surface area contributed by atoms with Crippen molar-refractivity contribution in [3.8, 4) is 0 Å².